The molecule has 0 aromatic rings. The highest BCUT2D eigenvalue weighted by Gasteiger charge is 2.66. The van der Waals surface area contributed by atoms with Crippen LogP contribution in [-0.4, -0.2) is 138 Å². The van der Waals surface area contributed by atoms with E-state index in [1.807, 2.05) is 125 Å². The lowest BCUT2D eigenvalue weighted by molar-refractivity contribution is -0.237. The fourth-order valence-corrected chi connectivity index (χ4v) is 21.9. The van der Waals surface area contributed by atoms with Crippen molar-refractivity contribution in [3.8, 4) is 0 Å². The van der Waals surface area contributed by atoms with Gasteiger partial charge in [-0.1, -0.05) is 307 Å². The van der Waals surface area contributed by atoms with E-state index in [0.717, 1.165) is 147 Å². The maximum atomic E-state index is 12.8. The molecule has 17 atom stereocenters. The number of halogens is 3. The predicted octanol–water partition coefficient (Wildman–Crippen LogP) is 36.4. The maximum absolute atomic E-state index is 12.8. The summed E-state index contributed by atoms with van der Waals surface area (Å²) >= 11 is 0. The highest BCUT2D eigenvalue weighted by molar-refractivity contribution is 5.78. The summed E-state index contributed by atoms with van der Waals surface area (Å²) in [7, 11) is 0. The molecule has 11 aliphatic rings. The molecule has 24 heteroatoms. The van der Waals surface area contributed by atoms with Gasteiger partial charge in [0, 0.05) is 0 Å². The summed E-state index contributed by atoms with van der Waals surface area (Å²) in [6.07, 6.45) is 32.2. The van der Waals surface area contributed by atoms with E-state index in [9.17, 15) is 46.7 Å². The zero-order valence-corrected chi connectivity index (χ0v) is 89.9. The molecule has 11 rings (SSSR count). The molecule has 0 aromatic heterocycles. The number of fused-ring (bicyclic) bond motifs is 8. The van der Waals surface area contributed by atoms with Crippen LogP contribution in [0.15, 0.2) is 0 Å². The average Bonchev–Trinajstić information content (AvgIpc) is 1.57. The first-order valence-electron chi connectivity index (χ1n) is 52.3. The Morgan fingerprint density at radius 2 is 0.558 bits per heavy atom. The van der Waals surface area contributed by atoms with Gasteiger partial charge in [0.15, 0.2) is 52.0 Å². The second kappa shape index (κ2) is 69.7. The summed E-state index contributed by atoms with van der Waals surface area (Å²) in [4.78, 5) is 82.4. The van der Waals surface area contributed by atoms with Crippen LogP contribution in [0.3, 0.4) is 0 Å². The Balaban J connectivity index is -0.000000184. The molecule has 8 bridgehead atoms. The Labute approximate surface area is 908 Å². The van der Waals surface area contributed by atoms with Crippen molar-refractivity contribution >= 4 is 41.8 Å². The van der Waals surface area contributed by atoms with Crippen LogP contribution in [-0.2, 0) is 99.9 Å². The normalized spacial score (nSPS) is 26.7. The molecule has 17 unspecified atom stereocenters. The second-order valence-electron chi connectivity index (χ2n) is 47.7. The van der Waals surface area contributed by atoms with Crippen LogP contribution in [0.4, 0.5) is 13.2 Å². The molecule has 0 aliphatic heterocycles. The van der Waals surface area contributed by atoms with Gasteiger partial charge in [-0.25, -0.2) is 0 Å². The monoisotopic (exact) mass is 2120 g/mol. The number of hydrogen-bond donors (Lipinski definition) is 0. The van der Waals surface area contributed by atoms with E-state index < -0.39 is 58.6 Å². The quantitative estimate of drug-likeness (QED) is 0.0184. The lowest BCUT2D eigenvalue weighted by Crippen LogP contribution is -2.43. The number of rotatable bonds is 37. The standard InChI is InChI=1S/C18H32O3.2C17H30O3.C16H28O3.C14H23F3O3.C14H26O3.C13H24O3.14CH4/c1-8-16(3,4)15(19)21-12(2)20-14-11-13-9-10-18(14,7)17(13,5)6;1-7-15(2,3)14(18)20-11-19-13-10-12-8-9-17(13,6)16(12,4)5;1-7-11(2)15(18)20-12(3)19-14-10-13-8-9-17(14,6)16(13,4)5;1-6-11(2)14(17)19-10-18-13-9-12-7-8-16(13,5)15(12,3)4;1-3-13(2,14(15,16)17)12(18)20-10-19-11-8-6-4-5-7-9-11;1-4-14(2,3)13(15)17-11-16-10-12-8-6-5-7-9-12;1-4-13(2,3)12(14)16-10-15-9-11-7-5-6-8-11;;;;;;;;;;;;;;/h12-14H,8-11H2,1-7H3;12-13H,7-11H2,1-6H3;11-14H,7-10H2,1-6H3;11-13H,6-10H2,1-5H3;11H,3-10H2,1-2H3;12H,4-11H2,1-3H3;11H,4-10H2,1-3H3;14*1H4. The number of carbonyl (C=O) groups is 7. The van der Waals surface area contributed by atoms with Crippen molar-refractivity contribution in [2.45, 2.75) is 593 Å². The molecule has 0 radical (unpaired) electrons. The first-order chi connectivity index (χ1) is 61.7. The number of alkyl halides is 3. The largest absolute Gasteiger partial charge is 0.438 e. The van der Waals surface area contributed by atoms with Crippen molar-refractivity contribution in [3.63, 3.8) is 0 Å². The van der Waals surface area contributed by atoms with Gasteiger partial charge in [-0.15, -0.1) is 0 Å². The molecule has 0 amide bonds. The summed E-state index contributed by atoms with van der Waals surface area (Å²) < 4.78 is 115. The number of hydrogen-bond acceptors (Lipinski definition) is 21. The Morgan fingerprint density at radius 3 is 0.844 bits per heavy atom. The molecule has 11 saturated carbocycles. The molecule has 21 nitrogen and oxygen atoms in total. The molecule has 147 heavy (non-hydrogen) atoms. The molecule has 0 saturated heterocycles. The van der Waals surface area contributed by atoms with Gasteiger partial charge < -0.3 is 66.3 Å². The topological polar surface area (TPSA) is 249 Å². The minimum absolute atomic E-state index is 0. The van der Waals surface area contributed by atoms with Crippen molar-refractivity contribution in [1.82, 2.24) is 0 Å². The van der Waals surface area contributed by atoms with Crippen LogP contribution < -0.4 is 0 Å². The molecule has 11 fully saturated rings. The molecule has 888 valence electrons. The van der Waals surface area contributed by atoms with Gasteiger partial charge in [-0.3, -0.25) is 33.6 Å². The van der Waals surface area contributed by atoms with Gasteiger partial charge in [-0.2, -0.15) is 13.2 Å². The SMILES string of the molecule is C.C.C.C.C.C.C.C.C.C.C.C.C.C.CCC(C)(C(=O)OCOC1CCCCCC1)C(F)(F)F.CCC(C)(C)C(=O)OC(C)OC1CC2CCC1(C)C2(C)C.CCC(C)(C)C(=O)OCOC1CC2CCC1(C)C2(C)C.CCC(C)(C)C(=O)OCOCC1CCCC1.CCC(C)(C)C(=O)OCOCC1CCCCC1.CCC(C)C(=O)OC(C)OC1CC2CCC1(C)C2(C)C.CCC(C)C(=O)OCOC1CC2CCC1(C)C2(C)C. The van der Waals surface area contributed by atoms with Crippen LogP contribution in [0, 0.1) is 118 Å². The Morgan fingerprint density at radius 1 is 0.299 bits per heavy atom. The zero-order chi connectivity index (χ0) is 101. The van der Waals surface area contributed by atoms with E-state index in [4.69, 9.17) is 61.6 Å². The van der Waals surface area contributed by atoms with Gasteiger partial charge in [0.05, 0.1) is 77.2 Å². The van der Waals surface area contributed by atoms with Crippen molar-refractivity contribution in [1.29, 1.82) is 0 Å². The molecular formula is C123H249F3O21. The van der Waals surface area contributed by atoms with Crippen LogP contribution >= 0.6 is 0 Å². The van der Waals surface area contributed by atoms with E-state index in [0.29, 0.717) is 33.5 Å². The van der Waals surface area contributed by atoms with Gasteiger partial charge in [0.1, 0.15) is 0 Å². The third-order valence-electron chi connectivity index (χ3n) is 37.4. The molecule has 11 aliphatic carbocycles. The highest BCUT2D eigenvalue weighted by atomic mass is 19.4. The van der Waals surface area contributed by atoms with Gasteiger partial charge >= 0.3 is 48.0 Å². The van der Waals surface area contributed by atoms with E-state index in [-0.39, 0.29) is 237 Å². The zero-order valence-electron chi connectivity index (χ0n) is 89.9. The molecule has 0 spiro atoms. The molecule has 0 aromatic carbocycles. The van der Waals surface area contributed by atoms with Gasteiger partial charge in [0.2, 0.25) is 0 Å². The van der Waals surface area contributed by atoms with E-state index >= 15 is 0 Å². The molecular weight excluding hydrogens is 1870 g/mol. The number of esters is 7. The van der Waals surface area contributed by atoms with Crippen LogP contribution in [0.5, 0.6) is 0 Å². The second-order valence-corrected chi connectivity index (χ2v) is 47.7. The minimum atomic E-state index is -4.61. The third kappa shape index (κ3) is 41.7. The fraction of sp³-hybridized carbons (Fsp3) is 0.943. The summed E-state index contributed by atoms with van der Waals surface area (Å²) in [5, 5.41) is 0. The highest BCUT2D eigenvalue weighted by Crippen LogP contribution is 2.70. The number of carbonyl (C=O) groups excluding carboxylic acids is 7. The smallest absolute Gasteiger partial charge is 0.404 e. The minimum Gasteiger partial charge on any atom is -0.438 e. The van der Waals surface area contributed by atoms with Gasteiger partial charge in [0.25, 0.3) is 0 Å². The summed E-state index contributed by atoms with van der Waals surface area (Å²) in [6.45, 7) is 66.7. The van der Waals surface area contributed by atoms with Crippen molar-refractivity contribution in [3.05, 3.63) is 0 Å². The summed E-state index contributed by atoms with van der Waals surface area (Å²) in [5.74, 6) is 2.06. The summed E-state index contributed by atoms with van der Waals surface area (Å²) in [6, 6.07) is 0. The third-order valence-corrected chi connectivity index (χ3v) is 37.4. The van der Waals surface area contributed by atoms with E-state index in [1.54, 1.807) is 0 Å². The van der Waals surface area contributed by atoms with E-state index in [1.165, 1.54) is 116 Å². The number of ether oxygens (including phenoxy) is 14. The Bertz CT molecular complexity index is 3550. The first-order valence-corrected chi connectivity index (χ1v) is 52.3. The van der Waals surface area contributed by atoms with Crippen LogP contribution in [0.25, 0.3) is 0 Å². The van der Waals surface area contributed by atoms with Crippen molar-refractivity contribution in [2.75, 3.05) is 47.2 Å². The fourth-order valence-electron chi connectivity index (χ4n) is 21.9. The van der Waals surface area contributed by atoms with E-state index in [2.05, 4.69) is 87.8 Å². The average molecular weight is 2120 g/mol. The van der Waals surface area contributed by atoms with Crippen LogP contribution in [0.1, 0.15) is 544 Å². The van der Waals surface area contributed by atoms with Crippen molar-refractivity contribution in [2.24, 2.45) is 118 Å². The Kier molecular flexibility index (Phi) is 77.2. The lowest BCUT2D eigenvalue weighted by Gasteiger charge is -2.39. The lowest BCUT2D eigenvalue weighted by atomic mass is 9.70. The maximum Gasteiger partial charge on any atom is 0.404 e. The molecule has 0 N–H and O–H groups in total. The predicted molar refractivity (Wildman–Crippen MR) is 609 cm³/mol. The molecule has 0 heterocycles. The summed E-state index contributed by atoms with van der Waals surface area (Å²) in [5.41, 5.74) is -1.87. The first kappa shape index (κ1) is 163. The van der Waals surface area contributed by atoms with Crippen LogP contribution in [0.2, 0.25) is 0 Å². The Hall–Kier alpha value is -4.20. The van der Waals surface area contributed by atoms with Gasteiger partial charge in [-0.05, 0) is 316 Å². The van der Waals surface area contributed by atoms with Crippen molar-refractivity contribution < 1.29 is 113 Å².